The monoisotopic (exact) mass is 475 g/mol. The van der Waals surface area contributed by atoms with Gasteiger partial charge in [-0.3, -0.25) is 14.3 Å². The first-order valence-corrected chi connectivity index (χ1v) is 11.9. The summed E-state index contributed by atoms with van der Waals surface area (Å²) in [6.07, 6.45) is 0.899. The van der Waals surface area contributed by atoms with Crippen molar-refractivity contribution in [3.8, 4) is 11.5 Å². The molecule has 0 bridgehead atoms. The third-order valence-corrected chi connectivity index (χ3v) is 5.64. The molecule has 1 aliphatic heterocycles. The van der Waals surface area contributed by atoms with Crippen LogP contribution in [0, 0.1) is 0 Å². The molecule has 1 unspecified atom stereocenters. The third kappa shape index (κ3) is 6.01. The molecule has 0 spiro atoms. The van der Waals surface area contributed by atoms with Crippen molar-refractivity contribution in [2.45, 2.75) is 25.3 Å². The Morgan fingerprint density at radius 3 is 2.39 bits per heavy atom. The number of amides is 1. The number of sulfonamides is 1. The van der Waals surface area contributed by atoms with Crippen molar-refractivity contribution >= 4 is 33.3 Å². The van der Waals surface area contributed by atoms with Crippen LogP contribution in [0.1, 0.15) is 36.4 Å². The second-order valence-corrected chi connectivity index (χ2v) is 9.21. The molecule has 0 radical (unpaired) electrons. The fraction of sp³-hybridized carbons (Fsp3) is 0.318. The number of carboxylic acid groups (broad SMARTS) is 1. The summed E-state index contributed by atoms with van der Waals surface area (Å²) in [5.74, 6) is -0.386. The van der Waals surface area contributed by atoms with E-state index in [0.717, 1.165) is 6.26 Å². The third-order valence-electron chi connectivity index (χ3n) is 5.04. The van der Waals surface area contributed by atoms with Crippen LogP contribution in [0.2, 0.25) is 0 Å². The molecule has 11 heteroatoms. The van der Waals surface area contributed by atoms with Crippen LogP contribution in [-0.4, -0.2) is 56.6 Å². The van der Waals surface area contributed by atoms with E-state index in [0.29, 0.717) is 40.4 Å². The molecule has 10 nitrogen and oxygen atoms in total. The van der Waals surface area contributed by atoms with Crippen LogP contribution in [0.4, 0.5) is 5.69 Å². The summed E-state index contributed by atoms with van der Waals surface area (Å²) in [4.78, 5) is 23.9. The van der Waals surface area contributed by atoms with E-state index in [1.807, 2.05) is 0 Å². The summed E-state index contributed by atoms with van der Waals surface area (Å²) in [6, 6.07) is 11.3. The summed E-state index contributed by atoms with van der Waals surface area (Å²) in [5.41, 5.74) is 2.38. The zero-order chi connectivity index (χ0) is 24.2. The Kier molecular flexibility index (Phi) is 7.22. The minimum atomic E-state index is -3.41. The second kappa shape index (κ2) is 9.90. The Balaban J connectivity index is 1.96. The summed E-state index contributed by atoms with van der Waals surface area (Å²) < 4.78 is 36.1. The number of hydrazone groups is 1. The van der Waals surface area contributed by atoms with E-state index in [4.69, 9.17) is 14.6 Å². The van der Waals surface area contributed by atoms with Crippen molar-refractivity contribution in [3.05, 3.63) is 53.6 Å². The Labute approximate surface area is 191 Å². The lowest BCUT2D eigenvalue weighted by Gasteiger charge is -2.24. The standard InChI is InChI=1S/C22H25N3O7S/c1-31-16-8-9-20(32-2)17(12-16)19-13-18(23-25(19)21(26)10-11-22(27)28)14-4-6-15(7-5-14)24-33(3,29)30/h4-9,12,19,24H,10-11,13H2,1-3H3,(H,27,28). The van der Waals surface area contributed by atoms with E-state index < -0.39 is 27.9 Å². The van der Waals surface area contributed by atoms with Gasteiger partial charge in [0, 0.05) is 24.1 Å². The quantitative estimate of drug-likeness (QED) is 0.569. The number of anilines is 1. The maximum atomic E-state index is 12.9. The van der Waals surface area contributed by atoms with Crippen LogP contribution in [0.25, 0.3) is 0 Å². The largest absolute Gasteiger partial charge is 0.497 e. The van der Waals surface area contributed by atoms with E-state index in [-0.39, 0.29) is 12.8 Å². The molecule has 0 saturated heterocycles. The molecule has 0 fully saturated rings. The fourth-order valence-electron chi connectivity index (χ4n) is 3.53. The Hall–Kier alpha value is -3.60. The van der Waals surface area contributed by atoms with Gasteiger partial charge >= 0.3 is 5.97 Å². The van der Waals surface area contributed by atoms with Gasteiger partial charge in [-0.2, -0.15) is 5.10 Å². The number of ether oxygens (including phenoxy) is 2. The van der Waals surface area contributed by atoms with Gasteiger partial charge in [-0.1, -0.05) is 12.1 Å². The molecule has 0 aliphatic carbocycles. The Morgan fingerprint density at radius 2 is 1.82 bits per heavy atom. The van der Waals surface area contributed by atoms with Crippen LogP contribution in [0.15, 0.2) is 47.6 Å². The number of carbonyl (C=O) groups is 2. The summed E-state index contributed by atoms with van der Waals surface area (Å²) in [7, 11) is -0.357. The van der Waals surface area contributed by atoms with Crippen molar-refractivity contribution in [1.29, 1.82) is 0 Å². The number of rotatable bonds is 9. The van der Waals surface area contributed by atoms with Gasteiger partial charge in [-0.25, -0.2) is 13.4 Å². The molecular weight excluding hydrogens is 450 g/mol. The lowest BCUT2D eigenvalue weighted by atomic mass is 9.97. The average Bonchev–Trinajstić information content (AvgIpc) is 3.21. The van der Waals surface area contributed by atoms with Crippen LogP contribution in [0.5, 0.6) is 11.5 Å². The molecule has 2 N–H and O–H groups in total. The number of hydrogen-bond acceptors (Lipinski definition) is 7. The number of benzene rings is 2. The van der Waals surface area contributed by atoms with Gasteiger partial charge in [0.25, 0.3) is 0 Å². The van der Waals surface area contributed by atoms with E-state index in [2.05, 4.69) is 9.82 Å². The maximum absolute atomic E-state index is 12.9. The summed E-state index contributed by atoms with van der Waals surface area (Å²) in [5, 5.41) is 14.8. The van der Waals surface area contributed by atoms with Gasteiger partial charge in [0.15, 0.2) is 0 Å². The molecule has 1 atom stereocenters. The number of methoxy groups -OCH3 is 2. The number of nitrogens with zero attached hydrogens (tertiary/aromatic N) is 2. The normalized spacial score (nSPS) is 15.7. The van der Waals surface area contributed by atoms with Crippen LogP contribution in [-0.2, 0) is 19.6 Å². The van der Waals surface area contributed by atoms with Crippen LogP contribution >= 0.6 is 0 Å². The predicted octanol–water partition coefficient (Wildman–Crippen LogP) is 2.62. The molecule has 33 heavy (non-hydrogen) atoms. The Morgan fingerprint density at radius 1 is 1.12 bits per heavy atom. The number of carboxylic acids is 1. The highest BCUT2D eigenvalue weighted by molar-refractivity contribution is 7.92. The maximum Gasteiger partial charge on any atom is 0.303 e. The lowest BCUT2D eigenvalue weighted by Crippen LogP contribution is -2.27. The minimum Gasteiger partial charge on any atom is -0.497 e. The molecule has 1 amide bonds. The van der Waals surface area contributed by atoms with Crippen LogP contribution in [0.3, 0.4) is 0 Å². The molecule has 2 aromatic carbocycles. The lowest BCUT2D eigenvalue weighted by molar-refractivity contribution is -0.141. The molecule has 176 valence electrons. The highest BCUT2D eigenvalue weighted by atomic mass is 32.2. The van der Waals surface area contributed by atoms with Crippen molar-refractivity contribution in [2.75, 3.05) is 25.2 Å². The van der Waals surface area contributed by atoms with Gasteiger partial charge in [-0.15, -0.1) is 0 Å². The topological polar surface area (TPSA) is 135 Å². The number of hydrogen-bond donors (Lipinski definition) is 2. The van der Waals surface area contributed by atoms with Crippen molar-refractivity contribution in [3.63, 3.8) is 0 Å². The van der Waals surface area contributed by atoms with Gasteiger partial charge in [0.2, 0.25) is 15.9 Å². The van der Waals surface area contributed by atoms with E-state index >= 15 is 0 Å². The number of aliphatic carboxylic acids is 1. The van der Waals surface area contributed by atoms with Crippen LogP contribution < -0.4 is 14.2 Å². The molecule has 1 heterocycles. The second-order valence-electron chi connectivity index (χ2n) is 7.46. The van der Waals surface area contributed by atoms with Crippen molar-refractivity contribution in [2.24, 2.45) is 5.10 Å². The van der Waals surface area contributed by atoms with Gasteiger partial charge < -0.3 is 14.6 Å². The van der Waals surface area contributed by atoms with E-state index in [1.165, 1.54) is 19.2 Å². The van der Waals surface area contributed by atoms with Crippen molar-refractivity contribution in [1.82, 2.24) is 5.01 Å². The Bertz CT molecular complexity index is 1180. The molecular formula is C22H25N3O7S. The molecule has 0 saturated carbocycles. The smallest absolute Gasteiger partial charge is 0.303 e. The van der Waals surface area contributed by atoms with Gasteiger partial charge in [0.05, 0.1) is 38.6 Å². The average molecular weight is 476 g/mol. The SMILES string of the molecule is COc1ccc(OC)c(C2CC(c3ccc(NS(C)(=O)=O)cc3)=NN2C(=O)CCC(=O)O)c1. The molecule has 3 rings (SSSR count). The fourth-order valence-corrected chi connectivity index (χ4v) is 4.09. The highest BCUT2D eigenvalue weighted by Crippen LogP contribution is 2.39. The first-order valence-electron chi connectivity index (χ1n) is 10.0. The van der Waals surface area contributed by atoms with E-state index in [9.17, 15) is 18.0 Å². The first kappa shape index (κ1) is 24.1. The molecule has 0 aromatic heterocycles. The van der Waals surface area contributed by atoms with E-state index in [1.54, 1.807) is 42.5 Å². The zero-order valence-corrected chi connectivity index (χ0v) is 19.3. The number of nitrogens with one attached hydrogen (secondary N) is 1. The minimum absolute atomic E-state index is 0.202. The highest BCUT2D eigenvalue weighted by Gasteiger charge is 2.35. The molecule has 1 aliphatic rings. The predicted molar refractivity (Wildman–Crippen MR) is 122 cm³/mol. The summed E-state index contributed by atoms with van der Waals surface area (Å²) >= 11 is 0. The molecule has 2 aromatic rings. The van der Waals surface area contributed by atoms with Gasteiger partial charge in [0.1, 0.15) is 11.5 Å². The summed E-state index contributed by atoms with van der Waals surface area (Å²) in [6.45, 7) is 0. The van der Waals surface area contributed by atoms with Crippen molar-refractivity contribution < 1.29 is 32.6 Å². The zero-order valence-electron chi connectivity index (χ0n) is 18.4. The number of carbonyl (C=O) groups excluding carboxylic acids is 1. The van der Waals surface area contributed by atoms with Gasteiger partial charge in [-0.05, 0) is 35.9 Å². The first-order chi connectivity index (χ1) is 15.6.